The highest BCUT2D eigenvalue weighted by molar-refractivity contribution is 7.89. The molecule has 3 rings (SSSR count). The first-order valence-corrected chi connectivity index (χ1v) is 10.2. The predicted octanol–water partition coefficient (Wildman–Crippen LogP) is -0.465. The SMILES string of the molecule is CC1CCNCC1NC(=O)c1ccc(S(=O)(=O)N2CCNC(=O)C2)cc1. The van der Waals surface area contributed by atoms with Crippen molar-refractivity contribution in [2.75, 3.05) is 32.7 Å². The van der Waals surface area contributed by atoms with Crippen LogP contribution in [0.4, 0.5) is 0 Å². The van der Waals surface area contributed by atoms with Crippen molar-refractivity contribution in [3.05, 3.63) is 29.8 Å². The molecule has 0 aliphatic carbocycles. The molecule has 2 amide bonds. The lowest BCUT2D eigenvalue weighted by molar-refractivity contribution is -0.122. The van der Waals surface area contributed by atoms with Gasteiger partial charge in [0.15, 0.2) is 0 Å². The second kappa shape index (κ2) is 7.73. The summed E-state index contributed by atoms with van der Waals surface area (Å²) in [6, 6.07) is 5.91. The lowest BCUT2D eigenvalue weighted by Crippen LogP contribution is -2.50. The highest BCUT2D eigenvalue weighted by atomic mass is 32.2. The molecular weight excluding hydrogens is 356 g/mol. The molecule has 8 nitrogen and oxygen atoms in total. The Kier molecular flexibility index (Phi) is 5.59. The molecule has 1 aromatic rings. The van der Waals surface area contributed by atoms with Crippen molar-refractivity contribution in [2.45, 2.75) is 24.3 Å². The van der Waals surface area contributed by atoms with Gasteiger partial charge >= 0.3 is 0 Å². The van der Waals surface area contributed by atoms with Gasteiger partial charge in [-0.15, -0.1) is 0 Å². The molecule has 3 N–H and O–H groups in total. The molecule has 2 fully saturated rings. The lowest BCUT2D eigenvalue weighted by Gasteiger charge is -2.30. The molecule has 2 unspecified atom stereocenters. The molecule has 142 valence electrons. The third-order valence-corrected chi connectivity index (χ3v) is 6.76. The van der Waals surface area contributed by atoms with Gasteiger partial charge in [-0.3, -0.25) is 9.59 Å². The number of rotatable bonds is 4. The highest BCUT2D eigenvalue weighted by Gasteiger charge is 2.29. The maximum Gasteiger partial charge on any atom is 0.251 e. The first-order chi connectivity index (χ1) is 12.4. The zero-order chi connectivity index (χ0) is 18.7. The van der Waals surface area contributed by atoms with Crippen LogP contribution in [-0.2, 0) is 14.8 Å². The molecule has 0 saturated carbocycles. The van der Waals surface area contributed by atoms with Crippen LogP contribution in [0.5, 0.6) is 0 Å². The summed E-state index contributed by atoms with van der Waals surface area (Å²) in [6.07, 6.45) is 1.01. The van der Waals surface area contributed by atoms with Gasteiger partial charge in [-0.2, -0.15) is 4.31 Å². The van der Waals surface area contributed by atoms with Crippen molar-refractivity contribution in [3.8, 4) is 0 Å². The largest absolute Gasteiger partial charge is 0.354 e. The Balaban J connectivity index is 1.69. The van der Waals surface area contributed by atoms with Crippen LogP contribution in [-0.4, -0.2) is 63.3 Å². The number of carbonyl (C=O) groups is 2. The minimum atomic E-state index is -3.74. The Bertz CT molecular complexity index is 778. The fourth-order valence-corrected chi connectivity index (χ4v) is 4.58. The van der Waals surface area contributed by atoms with Gasteiger partial charge in [0.05, 0.1) is 11.4 Å². The summed E-state index contributed by atoms with van der Waals surface area (Å²) in [4.78, 5) is 23.9. The van der Waals surface area contributed by atoms with E-state index in [1.165, 1.54) is 24.3 Å². The Morgan fingerprint density at radius 1 is 1.23 bits per heavy atom. The Labute approximate surface area is 153 Å². The first kappa shape index (κ1) is 18.8. The number of benzene rings is 1. The fraction of sp³-hybridized carbons (Fsp3) is 0.529. The monoisotopic (exact) mass is 380 g/mol. The second-order valence-corrected chi connectivity index (χ2v) is 8.70. The van der Waals surface area contributed by atoms with Gasteiger partial charge in [-0.25, -0.2) is 8.42 Å². The average Bonchev–Trinajstić information content (AvgIpc) is 2.63. The normalized spacial score (nSPS) is 24.7. The Morgan fingerprint density at radius 2 is 1.96 bits per heavy atom. The van der Waals surface area contributed by atoms with Gasteiger partial charge in [0, 0.05) is 31.2 Å². The van der Waals surface area contributed by atoms with Gasteiger partial charge in [0.25, 0.3) is 5.91 Å². The molecule has 2 aliphatic rings. The zero-order valence-electron chi connectivity index (χ0n) is 14.7. The van der Waals surface area contributed by atoms with Crippen molar-refractivity contribution in [3.63, 3.8) is 0 Å². The van der Waals surface area contributed by atoms with Crippen LogP contribution in [0.15, 0.2) is 29.2 Å². The number of piperidine rings is 1. The summed E-state index contributed by atoms with van der Waals surface area (Å²) in [6.45, 7) is 4.15. The van der Waals surface area contributed by atoms with Crippen molar-refractivity contribution in [1.82, 2.24) is 20.3 Å². The topological polar surface area (TPSA) is 108 Å². The van der Waals surface area contributed by atoms with Gasteiger partial charge in [0.1, 0.15) is 0 Å². The summed E-state index contributed by atoms with van der Waals surface area (Å²) in [5, 5.41) is 8.86. The van der Waals surface area contributed by atoms with Crippen LogP contribution in [0.3, 0.4) is 0 Å². The molecule has 2 atom stereocenters. The maximum absolute atomic E-state index is 12.6. The molecule has 2 saturated heterocycles. The number of hydrogen-bond donors (Lipinski definition) is 3. The molecule has 0 aromatic heterocycles. The standard InChI is InChI=1S/C17H24N4O4S/c1-12-6-7-18-10-15(12)20-17(23)13-2-4-14(5-3-13)26(24,25)21-9-8-19-16(22)11-21/h2-5,12,15,18H,6-11H2,1H3,(H,19,22)(H,20,23). The summed E-state index contributed by atoms with van der Waals surface area (Å²) in [7, 11) is -3.74. The van der Waals surface area contributed by atoms with Gasteiger partial charge in [0.2, 0.25) is 15.9 Å². The molecule has 26 heavy (non-hydrogen) atoms. The quantitative estimate of drug-likeness (QED) is 0.655. The van der Waals surface area contributed by atoms with E-state index in [0.29, 0.717) is 18.0 Å². The summed E-state index contributed by atoms with van der Waals surface area (Å²) in [5.41, 5.74) is 0.415. The minimum absolute atomic E-state index is 0.0616. The molecule has 0 bridgehead atoms. The third-order valence-electron chi connectivity index (χ3n) is 4.90. The number of carbonyl (C=O) groups excluding carboxylic acids is 2. The third kappa shape index (κ3) is 4.05. The molecule has 2 heterocycles. The molecule has 2 aliphatic heterocycles. The molecule has 0 spiro atoms. The van der Waals surface area contributed by atoms with Crippen LogP contribution in [0.25, 0.3) is 0 Å². The summed E-state index contributed by atoms with van der Waals surface area (Å²) >= 11 is 0. The van der Waals surface area contributed by atoms with E-state index in [1.807, 2.05) is 0 Å². The summed E-state index contributed by atoms with van der Waals surface area (Å²) in [5.74, 6) is -0.136. The average molecular weight is 380 g/mol. The van der Waals surface area contributed by atoms with E-state index < -0.39 is 10.0 Å². The van der Waals surface area contributed by atoms with Crippen molar-refractivity contribution in [2.24, 2.45) is 5.92 Å². The lowest BCUT2D eigenvalue weighted by atomic mass is 9.94. The van der Waals surface area contributed by atoms with Crippen LogP contribution in [0, 0.1) is 5.92 Å². The van der Waals surface area contributed by atoms with E-state index in [4.69, 9.17) is 0 Å². The first-order valence-electron chi connectivity index (χ1n) is 8.76. The number of piperazine rings is 1. The van der Waals surface area contributed by atoms with Crippen molar-refractivity contribution in [1.29, 1.82) is 0 Å². The van der Waals surface area contributed by atoms with Crippen molar-refractivity contribution >= 4 is 21.8 Å². The van der Waals surface area contributed by atoms with Gasteiger partial charge in [-0.05, 0) is 43.1 Å². The van der Waals surface area contributed by atoms with E-state index in [1.54, 1.807) is 0 Å². The highest BCUT2D eigenvalue weighted by Crippen LogP contribution is 2.18. The fourth-order valence-electron chi connectivity index (χ4n) is 3.18. The van der Waals surface area contributed by atoms with Crippen LogP contribution < -0.4 is 16.0 Å². The molecule has 1 aromatic carbocycles. The van der Waals surface area contributed by atoms with E-state index in [-0.39, 0.29) is 35.8 Å². The Hall–Kier alpha value is -1.97. The van der Waals surface area contributed by atoms with E-state index in [0.717, 1.165) is 23.8 Å². The maximum atomic E-state index is 12.6. The molecular formula is C17H24N4O4S. The zero-order valence-corrected chi connectivity index (χ0v) is 15.5. The van der Waals surface area contributed by atoms with E-state index in [9.17, 15) is 18.0 Å². The number of nitrogens with one attached hydrogen (secondary N) is 3. The smallest absolute Gasteiger partial charge is 0.251 e. The van der Waals surface area contributed by atoms with E-state index in [2.05, 4.69) is 22.9 Å². The van der Waals surface area contributed by atoms with Crippen molar-refractivity contribution < 1.29 is 18.0 Å². The van der Waals surface area contributed by atoms with Crippen LogP contribution in [0.1, 0.15) is 23.7 Å². The van der Waals surface area contributed by atoms with Gasteiger partial charge < -0.3 is 16.0 Å². The van der Waals surface area contributed by atoms with Crippen LogP contribution in [0.2, 0.25) is 0 Å². The van der Waals surface area contributed by atoms with E-state index >= 15 is 0 Å². The molecule has 0 radical (unpaired) electrons. The minimum Gasteiger partial charge on any atom is -0.354 e. The molecule has 9 heteroatoms. The second-order valence-electron chi connectivity index (χ2n) is 6.76. The Morgan fingerprint density at radius 3 is 2.62 bits per heavy atom. The summed E-state index contributed by atoms with van der Waals surface area (Å²) < 4.78 is 26.4. The number of hydrogen-bond acceptors (Lipinski definition) is 5. The van der Waals surface area contributed by atoms with Gasteiger partial charge in [-0.1, -0.05) is 6.92 Å². The predicted molar refractivity (Wildman–Crippen MR) is 96.1 cm³/mol. The number of sulfonamides is 1. The number of nitrogens with zero attached hydrogens (tertiary/aromatic N) is 1. The number of amides is 2. The van der Waals surface area contributed by atoms with Crippen LogP contribution >= 0.6 is 0 Å².